The normalized spacial score (nSPS) is 10.7. The maximum absolute atomic E-state index is 12.5. The number of hydrogen-bond acceptors (Lipinski definition) is 5. The molecule has 0 aliphatic heterocycles. The van der Waals surface area contributed by atoms with Crippen molar-refractivity contribution in [1.82, 2.24) is 19.7 Å². The van der Waals surface area contributed by atoms with E-state index < -0.39 is 0 Å². The number of hydrogen-bond donors (Lipinski definition) is 1. The van der Waals surface area contributed by atoms with E-state index in [1.54, 1.807) is 36.1 Å². The number of thioether (sulfide) groups is 1. The van der Waals surface area contributed by atoms with E-state index in [4.69, 9.17) is 34.8 Å². The first-order chi connectivity index (χ1) is 14.7. The fourth-order valence-corrected chi connectivity index (χ4v) is 3.89. The number of carbonyl (C=O) groups is 2. The molecule has 0 saturated carbocycles. The van der Waals surface area contributed by atoms with Crippen molar-refractivity contribution in [3.05, 3.63) is 63.4 Å². The number of aryl methyl sites for hydroxylation is 1. The highest BCUT2D eigenvalue weighted by Crippen LogP contribution is 2.25. The number of anilines is 1. The first kappa shape index (κ1) is 23.4. The van der Waals surface area contributed by atoms with Crippen molar-refractivity contribution < 1.29 is 9.59 Å². The van der Waals surface area contributed by atoms with Crippen molar-refractivity contribution in [1.29, 1.82) is 0 Å². The second-order valence-electron chi connectivity index (χ2n) is 6.63. The van der Waals surface area contributed by atoms with Gasteiger partial charge in [-0.25, -0.2) is 0 Å². The van der Waals surface area contributed by atoms with Crippen molar-refractivity contribution in [2.24, 2.45) is 0 Å². The van der Waals surface area contributed by atoms with Gasteiger partial charge in [-0.3, -0.25) is 14.2 Å². The summed E-state index contributed by atoms with van der Waals surface area (Å²) in [6.45, 7) is 1.81. The first-order valence-corrected chi connectivity index (χ1v) is 11.1. The molecule has 31 heavy (non-hydrogen) atoms. The van der Waals surface area contributed by atoms with E-state index in [1.165, 1.54) is 16.7 Å². The summed E-state index contributed by atoms with van der Waals surface area (Å²) in [5.41, 5.74) is 2.26. The van der Waals surface area contributed by atoms with E-state index in [9.17, 15) is 9.59 Å². The molecule has 2 amide bonds. The Morgan fingerprint density at radius 2 is 1.87 bits per heavy atom. The van der Waals surface area contributed by atoms with Gasteiger partial charge < -0.3 is 10.2 Å². The van der Waals surface area contributed by atoms with E-state index >= 15 is 0 Å². The van der Waals surface area contributed by atoms with Crippen LogP contribution in [0.1, 0.15) is 5.56 Å². The molecule has 0 aliphatic rings. The fourth-order valence-electron chi connectivity index (χ4n) is 2.55. The van der Waals surface area contributed by atoms with Crippen molar-refractivity contribution in [3.8, 4) is 5.69 Å². The van der Waals surface area contributed by atoms with E-state index in [2.05, 4.69) is 15.5 Å². The first-order valence-electron chi connectivity index (χ1n) is 9.03. The summed E-state index contributed by atoms with van der Waals surface area (Å²) in [4.78, 5) is 26.0. The number of nitrogens with zero attached hydrogens (tertiary/aromatic N) is 4. The molecular formula is C20H18Cl3N5O2S. The Kier molecular flexibility index (Phi) is 7.83. The third kappa shape index (κ3) is 6.13. The highest BCUT2D eigenvalue weighted by atomic mass is 35.5. The molecule has 162 valence electrons. The Balaban J connectivity index is 1.56. The zero-order valence-electron chi connectivity index (χ0n) is 16.6. The highest BCUT2D eigenvalue weighted by molar-refractivity contribution is 7.99. The van der Waals surface area contributed by atoms with Gasteiger partial charge in [0.15, 0.2) is 5.16 Å². The third-order valence-electron chi connectivity index (χ3n) is 4.28. The molecule has 11 heteroatoms. The standard InChI is InChI=1S/C20H18Cl3N5O2S/c1-12-3-5-14(8-16(12)22)28-11-24-26-20(28)31-10-19(30)27(2)9-18(29)25-13-4-6-15(21)17(23)7-13/h3-8,11H,9-10H2,1-2H3,(H,25,29). The average Bonchev–Trinajstić information content (AvgIpc) is 3.19. The quantitative estimate of drug-likeness (QED) is 0.477. The number of benzene rings is 2. The van der Waals surface area contributed by atoms with Gasteiger partial charge in [0, 0.05) is 17.8 Å². The molecule has 0 saturated heterocycles. The van der Waals surface area contributed by atoms with Gasteiger partial charge in [0.2, 0.25) is 11.8 Å². The number of amides is 2. The molecule has 1 heterocycles. The van der Waals surface area contributed by atoms with Gasteiger partial charge in [0.1, 0.15) is 6.33 Å². The summed E-state index contributed by atoms with van der Waals surface area (Å²) in [6, 6.07) is 10.4. The number of halogens is 3. The van der Waals surface area contributed by atoms with Crippen molar-refractivity contribution in [2.45, 2.75) is 12.1 Å². The SMILES string of the molecule is Cc1ccc(-n2cnnc2SCC(=O)N(C)CC(=O)Nc2ccc(Cl)c(Cl)c2)cc1Cl. The smallest absolute Gasteiger partial charge is 0.243 e. The Morgan fingerprint density at radius 3 is 2.58 bits per heavy atom. The topological polar surface area (TPSA) is 80.1 Å². The summed E-state index contributed by atoms with van der Waals surface area (Å²) >= 11 is 19.2. The van der Waals surface area contributed by atoms with Crippen LogP contribution in [0.15, 0.2) is 47.9 Å². The van der Waals surface area contributed by atoms with E-state index in [1.807, 2.05) is 25.1 Å². The Hall–Kier alpha value is -2.26. The van der Waals surface area contributed by atoms with Crippen molar-refractivity contribution in [3.63, 3.8) is 0 Å². The predicted octanol–water partition coefficient (Wildman–Crippen LogP) is 4.73. The summed E-state index contributed by atoms with van der Waals surface area (Å²) in [5, 5.41) is 12.6. The Morgan fingerprint density at radius 1 is 1.10 bits per heavy atom. The third-order valence-corrected chi connectivity index (χ3v) is 6.36. The highest BCUT2D eigenvalue weighted by Gasteiger charge is 2.16. The number of carbonyl (C=O) groups excluding carboxylic acids is 2. The molecule has 3 rings (SSSR count). The van der Waals surface area contributed by atoms with Gasteiger partial charge in [-0.15, -0.1) is 10.2 Å². The number of nitrogens with one attached hydrogen (secondary N) is 1. The summed E-state index contributed by atoms with van der Waals surface area (Å²) in [6.07, 6.45) is 1.56. The molecule has 0 aliphatic carbocycles. The van der Waals surface area contributed by atoms with Crippen LogP contribution in [0.3, 0.4) is 0 Å². The Bertz CT molecular complexity index is 1120. The lowest BCUT2D eigenvalue weighted by atomic mass is 10.2. The van der Waals surface area contributed by atoms with Gasteiger partial charge in [-0.05, 0) is 42.8 Å². The molecule has 1 aromatic heterocycles. The zero-order chi connectivity index (χ0) is 22.5. The molecule has 0 unspecified atom stereocenters. The largest absolute Gasteiger partial charge is 0.336 e. The van der Waals surface area contributed by atoms with Gasteiger partial charge in [-0.1, -0.05) is 52.6 Å². The molecular weight excluding hydrogens is 481 g/mol. The van der Waals surface area contributed by atoms with Crippen LogP contribution in [0, 0.1) is 6.92 Å². The van der Waals surface area contributed by atoms with Crippen LogP contribution in [-0.4, -0.2) is 50.8 Å². The van der Waals surface area contributed by atoms with Crippen LogP contribution in [0.5, 0.6) is 0 Å². The molecule has 0 atom stereocenters. The van der Waals surface area contributed by atoms with Crippen molar-refractivity contribution >= 4 is 64.1 Å². The lowest BCUT2D eigenvalue weighted by molar-refractivity contribution is -0.131. The zero-order valence-corrected chi connectivity index (χ0v) is 19.7. The van der Waals surface area contributed by atoms with Gasteiger partial charge in [-0.2, -0.15) is 0 Å². The van der Waals surface area contributed by atoms with Crippen LogP contribution >= 0.6 is 46.6 Å². The molecule has 7 nitrogen and oxygen atoms in total. The van der Waals surface area contributed by atoms with Crippen LogP contribution in [0.25, 0.3) is 5.69 Å². The maximum Gasteiger partial charge on any atom is 0.243 e. The van der Waals surface area contributed by atoms with E-state index in [-0.39, 0.29) is 24.1 Å². The van der Waals surface area contributed by atoms with E-state index in [0.717, 1.165) is 11.3 Å². The number of aromatic nitrogens is 3. The molecule has 0 radical (unpaired) electrons. The minimum Gasteiger partial charge on any atom is -0.336 e. The van der Waals surface area contributed by atoms with Crippen LogP contribution in [0.4, 0.5) is 5.69 Å². The van der Waals surface area contributed by atoms with Gasteiger partial charge >= 0.3 is 0 Å². The van der Waals surface area contributed by atoms with Crippen LogP contribution in [0.2, 0.25) is 15.1 Å². The fraction of sp³-hybridized carbons (Fsp3) is 0.200. The second kappa shape index (κ2) is 10.4. The molecule has 2 aromatic carbocycles. The van der Waals surface area contributed by atoms with Gasteiger partial charge in [0.05, 0.1) is 28.0 Å². The predicted molar refractivity (Wildman–Crippen MR) is 125 cm³/mol. The van der Waals surface area contributed by atoms with Gasteiger partial charge in [0.25, 0.3) is 0 Å². The summed E-state index contributed by atoms with van der Waals surface area (Å²) in [7, 11) is 1.56. The maximum atomic E-state index is 12.5. The van der Waals surface area contributed by atoms with E-state index in [0.29, 0.717) is 25.9 Å². The molecule has 1 N–H and O–H groups in total. The Labute approximate surface area is 198 Å². The summed E-state index contributed by atoms with van der Waals surface area (Å²) < 4.78 is 1.75. The number of likely N-dealkylation sites (N-methyl/N-ethyl adjacent to an activating group) is 1. The monoisotopic (exact) mass is 497 g/mol. The van der Waals surface area contributed by atoms with Crippen LogP contribution in [-0.2, 0) is 9.59 Å². The van der Waals surface area contributed by atoms with Crippen LogP contribution < -0.4 is 5.32 Å². The minimum absolute atomic E-state index is 0.0921. The summed E-state index contributed by atoms with van der Waals surface area (Å²) in [5.74, 6) is -0.489. The second-order valence-corrected chi connectivity index (χ2v) is 8.80. The lowest BCUT2D eigenvalue weighted by Crippen LogP contribution is -2.36. The number of rotatable bonds is 7. The average molecular weight is 499 g/mol. The molecule has 0 fully saturated rings. The lowest BCUT2D eigenvalue weighted by Gasteiger charge is -2.17. The van der Waals surface area contributed by atoms with Crippen molar-refractivity contribution in [2.75, 3.05) is 24.7 Å². The minimum atomic E-state index is -0.350. The molecule has 0 spiro atoms. The molecule has 3 aromatic rings. The molecule has 0 bridgehead atoms.